The maximum atomic E-state index is 11.7. The minimum atomic E-state index is -1.47. The molecular weight excluding hydrogens is 274 g/mol. The number of carboxylic acids is 1. The molecule has 1 aromatic carbocycles. The number of ketones is 1. The van der Waals surface area contributed by atoms with Crippen molar-refractivity contribution in [2.24, 2.45) is 5.92 Å². The zero-order valence-corrected chi connectivity index (χ0v) is 10.4. The fourth-order valence-electron chi connectivity index (χ4n) is 1.05. The van der Waals surface area contributed by atoms with Crippen LogP contribution in [0.5, 0.6) is 0 Å². The van der Waals surface area contributed by atoms with Crippen LogP contribution in [0.15, 0.2) is 12.1 Å². The van der Waals surface area contributed by atoms with Gasteiger partial charge < -0.3 is 9.90 Å². The van der Waals surface area contributed by atoms with Crippen LogP contribution >= 0.6 is 34.8 Å². The third-order valence-corrected chi connectivity index (χ3v) is 3.06. The Morgan fingerprint density at radius 2 is 1.62 bits per heavy atom. The topological polar surface area (TPSA) is 57.2 Å². The van der Waals surface area contributed by atoms with Gasteiger partial charge in [-0.05, 0) is 19.1 Å². The highest BCUT2D eigenvalue weighted by molar-refractivity contribution is 6.44. The highest BCUT2D eigenvalue weighted by Gasteiger charge is 2.20. The maximum Gasteiger partial charge on any atom is 0.172 e. The summed E-state index contributed by atoms with van der Waals surface area (Å²) in [6.45, 7) is 1.22. The molecule has 0 saturated carbocycles. The molecule has 0 amide bonds. The van der Waals surface area contributed by atoms with E-state index in [1.807, 2.05) is 0 Å². The number of hydrogen-bond acceptors (Lipinski definition) is 3. The van der Waals surface area contributed by atoms with E-state index in [0.717, 1.165) is 0 Å². The lowest BCUT2D eigenvalue weighted by Gasteiger charge is -2.12. The third-order valence-electron chi connectivity index (χ3n) is 2.02. The number of halogens is 3. The molecule has 0 heterocycles. The molecule has 0 N–H and O–H groups in total. The predicted molar refractivity (Wildman–Crippen MR) is 60.0 cm³/mol. The molecule has 0 spiro atoms. The Morgan fingerprint density at radius 1 is 1.12 bits per heavy atom. The van der Waals surface area contributed by atoms with Crippen LogP contribution < -0.4 is 5.11 Å². The van der Waals surface area contributed by atoms with E-state index in [9.17, 15) is 14.7 Å². The van der Waals surface area contributed by atoms with Crippen molar-refractivity contribution in [3.05, 3.63) is 32.8 Å². The van der Waals surface area contributed by atoms with Crippen LogP contribution in [0.1, 0.15) is 17.3 Å². The summed E-state index contributed by atoms with van der Waals surface area (Å²) in [7, 11) is 0. The van der Waals surface area contributed by atoms with Gasteiger partial charge in [-0.1, -0.05) is 34.8 Å². The predicted octanol–water partition coefficient (Wildman–Crippen LogP) is 2.22. The van der Waals surface area contributed by atoms with Crippen molar-refractivity contribution in [1.82, 2.24) is 0 Å². The smallest absolute Gasteiger partial charge is 0.172 e. The molecule has 0 aromatic heterocycles. The second kappa shape index (κ2) is 5.04. The number of carbonyl (C=O) groups excluding carboxylic acids is 2. The van der Waals surface area contributed by atoms with E-state index in [4.69, 9.17) is 34.8 Å². The van der Waals surface area contributed by atoms with Gasteiger partial charge in [0.15, 0.2) is 5.78 Å². The molecular formula is C10H6Cl3O3-. The van der Waals surface area contributed by atoms with Crippen LogP contribution in [0, 0.1) is 5.92 Å². The van der Waals surface area contributed by atoms with Crippen molar-refractivity contribution >= 4 is 46.6 Å². The summed E-state index contributed by atoms with van der Waals surface area (Å²) < 4.78 is 0. The van der Waals surface area contributed by atoms with Crippen molar-refractivity contribution in [1.29, 1.82) is 0 Å². The fraction of sp³-hybridized carbons (Fsp3) is 0.200. The van der Waals surface area contributed by atoms with E-state index in [1.54, 1.807) is 0 Å². The van der Waals surface area contributed by atoms with Gasteiger partial charge in [-0.3, -0.25) is 4.79 Å². The zero-order valence-electron chi connectivity index (χ0n) is 8.09. The maximum absolute atomic E-state index is 11.7. The van der Waals surface area contributed by atoms with Gasteiger partial charge in [0, 0.05) is 5.56 Å². The Balaban J connectivity index is 3.19. The molecule has 0 aliphatic carbocycles. The first kappa shape index (κ1) is 13.3. The first-order valence-electron chi connectivity index (χ1n) is 4.24. The Hall–Kier alpha value is -0.770. The van der Waals surface area contributed by atoms with Gasteiger partial charge in [-0.15, -0.1) is 0 Å². The molecule has 0 aliphatic heterocycles. The summed E-state index contributed by atoms with van der Waals surface area (Å²) in [5.41, 5.74) is 0.0211. The Labute approximate surface area is 107 Å². The second-order valence-electron chi connectivity index (χ2n) is 3.15. The quantitative estimate of drug-likeness (QED) is 0.484. The van der Waals surface area contributed by atoms with Crippen molar-refractivity contribution < 1.29 is 14.7 Å². The monoisotopic (exact) mass is 279 g/mol. The lowest BCUT2D eigenvalue weighted by atomic mass is 9.99. The Bertz CT molecular complexity index is 457. The number of benzene rings is 1. The summed E-state index contributed by atoms with van der Waals surface area (Å²) in [5, 5.41) is 10.9. The minimum absolute atomic E-state index is 0.0211. The third kappa shape index (κ3) is 2.67. The lowest BCUT2D eigenvalue weighted by molar-refractivity contribution is -0.308. The standard InChI is InChI=1S/C10H7Cl3O3/c1-4(10(15)16)9(14)5-2-7(12)8(13)3-6(5)11/h2-4H,1H3,(H,15,16)/p-1/t4-/m1/s1. The molecule has 0 bridgehead atoms. The van der Waals surface area contributed by atoms with Gasteiger partial charge in [-0.25, -0.2) is 0 Å². The second-order valence-corrected chi connectivity index (χ2v) is 4.37. The normalized spacial score (nSPS) is 12.2. The van der Waals surface area contributed by atoms with Gasteiger partial charge in [0.2, 0.25) is 0 Å². The molecule has 0 fully saturated rings. The molecule has 0 radical (unpaired) electrons. The van der Waals surface area contributed by atoms with E-state index in [2.05, 4.69) is 0 Å². The van der Waals surface area contributed by atoms with Gasteiger partial charge in [0.1, 0.15) is 0 Å². The van der Waals surface area contributed by atoms with Crippen LogP contribution in [0.4, 0.5) is 0 Å². The Kier molecular flexibility index (Phi) is 4.19. The van der Waals surface area contributed by atoms with Crippen molar-refractivity contribution in [2.75, 3.05) is 0 Å². The molecule has 3 nitrogen and oxygen atoms in total. The number of carbonyl (C=O) groups is 2. The number of Topliss-reactive ketones (excluding diaryl/α,β-unsaturated/α-hetero) is 1. The van der Waals surface area contributed by atoms with Crippen LogP contribution in [0.2, 0.25) is 15.1 Å². The molecule has 6 heteroatoms. The number of carboxylic acid groups (broad SMARTS) is 1. The molecule has 0 unspecified atom stereocenters. The molecule has 0 saturated heterocycles. The largest absolute Gasteiger partial charge is 0.549 e. The molecule has 86 valence electrons. The molecule has 1 rings (SSSR count). The van der Waals surface area contributed by atoms with Crippen LogP contribution in [0.25, 0.3) is 0 Å². The van der Waals surface area contributed by atoms with Gasteiger partial charge in [0.25, 0.3) is 0 Å². The van der Waals surface area contributed by atoms with Crippen molar-refractivity contribution in [3.63, 3.8) is 0 Å². The first-order chi connectivity index (χ1) is 7.34. The fourth-order valence-corrected chi connectivity index (χ4v) is 1.69. The number of aliphatic carboxylic acids is 1. The van der Waals surface area contributed by atoms with Crippen LogP contribution in [-0.4, -0.2) is 11.8 Å². The van der Waals surface area contributed by atoms with Gasteiger partial charge in [0.05, 0.1) is 27.0 Å². The van der Waals surface area contributed by atoms with E-state index in [1.165, 1.54) is 19.1 Å². The van der Waals surface area contributed by atoms with Gasteiger partial charge in [-0.2, -0.15) is 0 Å². The molecule has 0 aliphatic rings. The number of rotatable bonds is 3. The molecule has 16 heavy (non-hydrogen) atoms. The average molecular weight is 281 g/mol. The van der Waals surface area contributed by atoms with E-state index in [-0.39, 0.29) is 20.6 Å². The highest BCUT2D eigenvalue weighted by Crippen LogP contribution is 2.30. The summed E-state index contributed by atoms with van der Waals surface area (Å²) in [4.78, 5) is 22.2. The van der Waals surface area contributed by atoms with Crippen LogP contribution in [0.3, 0.4) is 0 Å². The first-order valence-corrected chi connectivity index (χ1v) is 5.37. The van der Waals surface area contributed by atoms with Crippen LogP contribution in [-0.2, 0) is 4.79 Å². The Morgan fingerprint density at radius 3 is 2.12 bits per heavy atom. The average Bonchev–Trinajstić information content (AvgIpc) is 2.21. The SMILES string of the molecule is C[C@@H](C(=O)[O-])C(=O)c1cc(Cl)c(Cl)cc1Cl. The lowest BCUT2D eigenvalue weighted by Crippen LogP contribution is -2.34. The summed E-state index contributed by atoms with van der Waals surface area (Å²) in [6.07, 6.45) is 0. The molecule has 1 aromatic rings. The van der Waals surface area contributed by atoms with Crippen molar-refractivity contribution in [3.8, 4) is 0 Å². The number of hydrogen-bond donors (Lipinski definition) is 0. The van der Waals surface area contributed by atoms with E-state index >= 15 is 0 Å². The summed E-state index contributed by atoms with van der Waals surface area (Å²) in [6, 6.07) is 2.54. The molecule has 1 atom stereocenters. The van der Waals surface area contributed by atoms with Gasteiger partial charge >= 0.3 is 0 Å². The minimum Gasteiger partial charge on any atom is -0.549 e. The summed E-state index contributed by atoms with van der Waals surface area (Å²) >= 11 is 17.2. The summed E-state index contributed by atoms with van der Waals surface area (Å²) in [5.74, 6) is -3.41. The van der Waals surface area contributed by atoms with E-state index in [0.29, 0.717) is 0 Å². The zero-order chi connectivity index (χ0) is 12.5. The van der Waals surface area contributed by atoms with Crippen molar-refractivity contribution in [2.45, 2.75) is 6.92 Å². The van der Waals surface area contributed by atoms with E-state index < -0.39 is 17.7 Å². The highest BCUT2D eigenvalue weighted by atomic mass is 35.5.